The molecule has 3 heterocycles. The number of hydrogen-bond donors (Lipinski definition) is 3. The van der Waals surface area contributed by atoms with Crippen LogP contribution in [-0.4, -0.2) is 37.3 Å². The SMILES string of the molecule is C=Cc1cc(F)c(-c2[nH]nc3ncc(Cl)cc23)nc1NC1C2CCC(CC2)C1C(=O)O. The van der Waals surface area contributed by atoms with Crippen LogP contribution in [0.3, 0.4) is 0 Å². The first-order valence-electron chi connectivity index (χ1n) is 10.3. The molecule has 160 valence electrons. The van der Waals surface area contributed by atoms with Crippen molar-refractivity contribution in [2.45, 2.75) is 31.7 Å². The molecule has 31 heavy (non-hydrogen) atoms. The first kappa shape index (κ1) is 19.9. The Bertz CT molecular complexity index is 1190. The van der Waals surface area contributed by atoms with E-state index in [9.17, 15) is 9.90 Å². The number of aliphatic carboxylic acids is 1. The molecule has 2 unspecified atom stereocenters. The summed E-state index contributed by atoms with van der Waals surface area (Å²) < 4.78 is 15.0. The van der Waals surface area contributed by atoms with E-state index in [1.165, 1.54) is 18.3 Å². The van der Waals surface area contributed by atoms with Crippen LogP contribution in [0.5, 0.6) is 0 Å². The van der Waals surface area contributed by atoms with Crippen molar-refractivity contribution in [2.24, 2.45) is 17.8 Å². The zero-order chi connectivity index (χ0) is 21.7. The summed E-state index contributed by atoms with van der Waals surface area (Å²) in [5.74, 6) is -1.03. The van der Waals surface area contributed by atoms with E-state index in [4.69, 9.17) is 11.6 Å². The smallest absolute Gasteiger partial charge is 0.308 e. The largest absolute Gasteiger partial charge is 0.481 e. The molecule has 3 N–H and O–H groups in total. The number of carboxylic acid groups (broad SMARTS) is 1. The van der Waals surface area contributed by atoms with Gasteiger partial charge >= 0.3 is 5.97 Å². The van der Waals surface area contributed by atoms with Crippen LogP contribution in [0, 0.1) is 23.6 Å². The molecule has 7 nitrogen and oxygen atoms in total. The Morgan fingerprint density at radius 1 is 1.29 bits per heavy atom. The highest BCUT2D eigenvalue weighted by Crippen LogP contribution is 2.46. The number of H-pyrrole nitrogens is 1. The van der Waals surface area contributed by atoms with Gasteiger partial charge in [0.25, 0.3) is 0 Å². The van der Waals surface area contributed by atoms with Gasteiger partial charge in [-0.3, -0.25) is 9.89 Å². The van der Waals surface area contributed by atoms with Gasteiger partial charge in [0.1, 0.15) is 11.5 Å². The summed E-state index contributed by atoms with van der Waals surface area (Å²) in [7, 11) is 0. The van der Waals surface area contributed by atoms with Gasteiger partial charge in [0.2, 0.25) is 0 Å². The average molecular weight is 442 g/mol. The number of carboxylic acids is 1. The molecule has 0 aromatic carbocycles. The second-order valence-electron chi connectivity index (χ2n) is 8.29. The molecule has 3 aromatic heterocycles. The maximum Gasteiger partial charge on any atom is 0.308 e. The van der Waals surface area contributed by atoms with E-state index >= 15 is 4.39 Å². The standard InChI is InChI=1S/C22H21ClFN5O2/c1-2-10-7-15(24)19(18-14-8-13(23)9-25-21(14)29-28-18)27-20(10)26-17-12-5-3-11(4-6-12)16(17)22(30)31/h2,7-9,11-12,16-17H,1,3-6H2,(H,26,27)(H,30,31)(H,25,28,29). The molecular formula is C22H21ClFN5O2. The zero-order valence-electron chi connectivity index (χ0n) is 16.6. The molecule has 3 aliphatic rings. The van der Waals surface area contributed by atoms with Crippen LogP contribution < -0.4 is 5.32 Å². The van der Waals surface area contributed by atoms with Gasteiger partial charge in [0.05, 0.1) is 16.6 Å². The van der Waals surface area contributed by atoms with Gasteiger partial charge in [-0.2, -0.15) is 5.10 Å². The third-order valence-corrected chi connectivity index (χ3v) is 6.85. The highest BCUT2D eigenvalue weighted by atomic mass is 35.5. The molecular weight excluding hydrogens is 421 g/mol. The van der Waals surface area contributed by atoms with Crippen LogP contribution >= 0.6 is 11.6 Å². The Kier molecular flexibility index (Phi) is 4.89. The first-order chi connectivity index (χ1) is 15.0. The molecule has 2 atom stereocenters. The quantitative estimate of drug-likeness (QED) is 0.527. The summed E-state index contributed by atoms with van der Waals surface area (Å²) in [6.07, 6.45) is 6.82. The number of halogens is 2. The minimum absolute atomic E-state index is 0.0625. The average Bonchev–Trinajstić information content (AvgIpc) is 3.18. The van der Waals surface area contributed by atoms with Crippen molar-refractivity contribution >= 4 is 40.5 Å². The van der Waals surface area contributed by atoms with Crippen molar-refractivity contribution in [3.05, 3.63) is 41.3 Å². The van der Waals surface area contributed by atoms with Crippen molar-refractivity contribution in [3.8, 4) is 11.4 Å². The lowest BCUT2D eigenvalue weighted by atomic mass is 9.61. The Labute approximate surface area is 182 Å². The van der Waals surface area contributed by atoms with Crippen LogP contribution in [0.4, 0.5) is 10.2 Å². The Balaban J connectivity index is 1.58. The van der Waals surface area contributed by atoms with E-state index in [1.54, 1.807) is 6.07 Å². The van der Waals surface area contributed by atoms with Gasteiger partial charge in [-0.15, -0.1) is 0 Å². The van der Waals surface area contributed by atoms with E-state index in [0.29, 0.717) is 33.1 Å². The highest BCUT2D eigenvalue weighted by molar-refractivity contribution is 6.31. The number of aromatic nitrogens is 4. The van der Waals surface area contributed by atoms with E-state index < -0.39 is 17.7 Å². The van der Waals surface area contributed by atoms with E-state index in [1.807, 2.05) is 0 Å². The number of carbonyl (C=O) groups is 1. The van der Waals surface area contributed by atoms with Gasteiger partial charge < -0.3 is 10.4 Å². The number of fused-ring (bicyclic) bond motifs is 4. The van der Waals surface area contributed by atoms with Gasteiger partial charge in [-0.05, 0) is 49.7 Å². The number of aromatic amines is 1. The molecule has 2 bridgehead atoms. The first-order valence-corrected chi connectivity index (χ1v) is 10.7. The molecule has 0 amide bonds. The summed E-state index contributed by atoms with van der Waals surface area (Å²) in [4.78, 5) is 20.7. The van der Waals surface area contributed by atoms with Gasteiger partial charge in [0.15, 0.2) is 11.5 Å². The lowest BCUT2D eigenvalue weighted by Crippen LogP contribution is -2.51. The van der Waals surface area contributed by atoms with Crippen molar-refractivity contribution < 1.29 is 14.3 Å². The molecule has 3 aliphatic carbocycles. The van der Waals surface area contributed by atoms with E-state index in [0.717, 1.165) is 25.7 Å². The maximum absolute atomic E-state index is 15.0. The predicted octanol–water partition coefficient (Wildman–Crippen LogP) is 4.76. The molecule has 0 saturated heterocycles. The minimum atomic E-state index is -0.797. The lowest BCUT2D eigenvalue weighted by Gasteiger charge is -2.47. The molecule has 3 fully saturated rings. The van der Waals surface area contributed by atoms with Gasteiger partial charge in [-0.25, -0.2) is 14.4 Å². The van der Waals surface area contributed by atoms with E-state index in [-0.39, 0.29) is 23.6 Å². The number of nitrogens with zero attached hydrogens (tertiary/aromatic N) is 3. The van der Waals surface area contributed by atoms with Crippen LogP contribution in [0.2, 0.25) is 5.02 Å². The molecule has 3 aromatic rings. The van der Waals surface area contributed by atoms with Crippen LogP contribution in [-0.2, 0) is 4.79 Å². The fraction of sp³-hybridized carbons (Fsp3) is 0.364. The summed E-state index contributed by atoms with van der Waals surface area (Å²) in [6.45, 7) is 3.77. The van der Waals surface area contributed by atoms with Gasteiger partial charge in [0, 0.05) is 23.2 Å². The molecule has 0 spiro atoms. The number of hydrogen-bond acceptors (Lipinski definition) is 5. The fourth-order valence-corrected chi connectivity index (χ4v) is 5.33. The molecule has 9 heteroatoms. The second kappa shape index (κ2) is 7.60. The van der Waals surface area contributed by atoms with Crippen molar-refractivity contribution in [3.63, 3.8) is 0 Å². The second-order valence-corrected chi connectivity index (χ2v) is 8.73. The van der Waals surface area contributed by atoms with Crippen LogP contribution in [0.25, 0.3) is 28.5 Å². The molecule has 6 rings (SSSR count). The zero-order valence-corrected chi connectivity index (χ0v) is 17.4. The topological polar surface area (TPSA) is 104 Å². The summed E-state index contributed by atoms with van der Waals surface area (Å²) in [5, 5.41) is 21.1. The third kappa shape index (κ3) is 3.35. The Morgan fingerprint density at radius 3 is 2.74 bits per heavy atom. The van der Waals surface area contributed by atoms with Gasteiger partial charge in [-0.1, -0.05) is 24.3 Å². The number of nitrogens with one attached hydrogen (secondary N) is 2. The Morgan fingerprint density at radius 2 is 2.03 bits per heavy atom. The van der Waals surface area contributed by atoms with Crippen molar-refractivity contribution in [2.75, 3.05) is 5.32 Å². The monoisotopic (exact) mass is 441 g/mol. The normalized spacial score (nSPS) is 25.0. The number of rotatable bonds is 5. The summed E-state index contributed by atoms with van der Waals surface area (Å²) in [6, 6.07) is 2.74. The summed E-state index contributed by atoms with van der Waals surface area (Å²) in [5.41, 5.74) is 1.30. The van der Waals surface area contributed by atoms with Crippen LogP contribution in [0.15, 0.2) is 24.9 Å². The summed E-state index contributed by atoms with van der Waals surface area (Å²) >= 11 is 6.06. The highest BCUT2D eigenvalue weighted by Gasteiger charge is 2.47. The molecule has 0 aliphatic heterocycles. The molecule has 0 radical (unpaired) electrons. The lowest BCUT2D eigenvalue weighted by molar-refractivity contribution is -0.148. The van der Waals surface area contributed by atoms with Crippen molar-refractivity contribution in [1.82, 2.24) is 20.2 Å². The number of anilines is 1. The minimum Gasteiger partial charge on any atom is -0.481 e. The predicted molar refractivity (Wildman–Crippen MR) is 116 cm³/mol. The van der Waals surface area contributed by atoms with E-state index in [2.05, 4.69) is 32.1 Å². The Hall–Kier alpha value is -3.00. The molecule has 3 saturated carbocycles. The number of pyridine rings is 2. The fourth-order valence-electron chi connectivity index (χ4n) is 5.17. The van der Waals surface area contributed by atoms with Crippen molar-refractivity contribution in [1.29, 1.82) is 0 Å². The van der Waals surface area contributed by atoms with Crippen LogP contribution in [0.1, 0.15) is 31.2 Å². The maximum atomic E-state index is 15.0. The third-order valence-electron chi connectivity index (χ3n) is 6.65.